The number of hydrogen-bond donors (Lipinski definition) is 0. The van der Waals surface area contributed by atoms with Crippen LogP contribution in [0.4, 0.5) is 0 Å². The van der Waals surface area contributed by atoms with Crippen molar-refractivity contribution in [3.05, 3.63) is 58.7 Å². The first-order valence-electron chi connectivity index (χ1n) is 8.61. The average molecular weight is 324 g/mol. The molecule has 0 aromatic heterocycles. The maximum absolute atomic E-state index is 11.4. The minimum Gasteiger partial charge on any atom is -0.488 e. The summed E-state index contributed by atoms with van der Waals surface area (Å²) in [5.74, 6) is 1.77. The van der Waals surface area contributed by atoms with E-state index in [4.69, 9.17) is 9.47 Å². The molecule has 0 saturated heterocycles. The first-order chi connectivity index (χ1) is 11.6. The van der Waals surface area contributed by atoms with E-state index in [9.17, 15) is 4.79 Å². The number of aryl methyl sites for hydroxylation is 2. The van der Waals surface area contributed by atoms with Crippen molar-refractivity contribution in [1.29, 1.82) is 0 Å². The third-order valence-electron chi connectivity index (χ3n) is 4.46. The molecular formula is C21H24O3. The summed E-state index contributed by atoms with van der Waals surface area (Å²) in [6.07, 6.45) is 3.41. The Morgan fingerprint density at radius 1 is 1.17 bits per heavy atom. The summed E-state index contributed by atoms with van der Waals surface area (Å²) >= 11 is 0. The minimum atomic E-state index is -0.298. The third kappa shape index (κ3) is 3.78. The van der Waals surface area contributed by atoms with Crippen LogP contribution in [0.25, 0.3) is 0 Å². The highest BCUT2D eigenvalue weighted by molar-refractivity contribution is 5.70. The van der Waals surface area contributed by atoms with Gasteiger partial charge in [0.25, 0.3) is 0 Å². The zero-order chi connectivity index (χ0) is 17.1. The van der Waals surface area contributed by atoms with Crippen molar-refractivity contribution < 1.29 is 14.3 Å². The van der Waals surface area contributed by atoms with Gasteiger partial charge in [-0.3, -0.25) is 4.79 Å². The molecule has 0 atom stereocenters. The fraction of sp³-hybridized carbons (Fsp3) is 0.381. The summed E-state index contributed by atoms with van der Waals surface area (Å²) in [7, 11) is 0. The van der Waals surface area contributed by atoms with Gasteiger partial charge in [-0.15, -0.1) is 0 Å². The first-order valence-corrected chi connectivity index (χ1v) is 8.61. The lowest BCUT2D eigenvalue weighted by Crippen LogP contribution is -2.08. The average Bonchev–Trinajstić information content (AvgIpc) is 3.38. The van der Waals surface area contributed by atoms with Crippen LogP contribution in [0.15, 0.2) is 36.4 Å². The highest BCUT2D eigenvalue weighted by atomic mass is 16.5. The zero-order valence-corrected chi connectivity index (χ0v) is 14.6. The molecule has 1 fully saturated rings. The second-order valence-electron chi connectivity index (χ2n) is 6.43. The summed E-state index contributed by atoms with van der Waals surface area (Å²) in [4.78, 5) is 11.4. The molecule has 0 spiro atoms. The largest absolute Gasteiger partial charge is 0.488 e. The van der Waals surface area contributed by atoms with Gasteiger partial charge in [0.15, 0.2) is 0 Å². The normalized spacial score (nSPS) is 13.6. The fourth-order valence-electron chi connectivity index (χ4n) is 3.01. The van der Waals surface area contributed by atoms with Gasteiger partial charge in [0, 0.05) is 12.5 Å². The third-order valence-corrected chi connectivity index (χ3v) is 4.46. The van der Waals surface area contributed by atoms with Crippen molar-refractivity contribution in [1.82, 2.24) is 0 Å². The number of carbonyl (C=O) groups excluding carboxylic acids is 1. The van der Waals surface area contributed by atoms with Crippen LogP contribution in [0.1, 0.15) is 54.9 Å². The summed E-state index contributed by atoms with van der Waals surface area (Å²) in [5, 5.41) is 0. The highest BCUT2D eigenvalue weighted by Gasteiger charge is 2.28. The standard InChI is InChI=1S/C21H24O3/c1-4-16-8-11-20(14(2)12-16)23-13-19-18(17-9-10-17)6-5-7-21(19)24-15(3)22/h5-8,11-12,17H,4,9-10,13H2,1-3H3. The van der Waals surface area contributed by atoms with E-state index in [0.717, 1.165) is 23.3 Å². The van der Waals surface area contributed by atoms with Crippen LogP contribution in [-0.4, -0.2) is 5.97 Å². The molecule has 1 aliphatic carbocycles. The van der Waals surface area contributed by atoms with E-state index in [1.165, 1.54) is 30.9 Å². The number of carbonyl (C=O) groups is 1. The summed E-state index contributed by atoms with van der Waals surface area (Å²) in [6.45, 7) is 6.06. The van der Waals surface area contributed by atoms with E-state index in [-0.39, 0.29) is 5.97 Å². The lowest BCUT2D eigenvalue weighted by Gasteiger charge is -2.16. The monoisotopic (exact) mass is 324 g/mol. The van der Waals surface area contributed by atoms with E-state index in [1.807, 2.05) is 18.2 Å². The predicted octanol–water partition coefficient (Wildman–Crippen LogP) is 4.94. The van der Waals surface area contributed by atoms with Crippen LogP contribution in [0.2, 0.25) is 0 Å². The molecule has 2 aromatic carbocycles. The molecule has 0 aliphatic heterocycles. The lowest BCUT2D eigenvalue weighted by atomic mass is 10.0. The summed E-state index contributed by atoms with van der Waals surface area (Å²) < 4.78 is 11.5. The van der Waals surface area contributed by atoms with Crippen molar-refractivity contribution in [2.24, 2.45) is 0 Å². The Kier molecular flexibility index (Phi) is 4.89. The number of benzene rings is 2. The van der Waals surface area contributed by atoms with Crippen molar-refractivity contribution >= 4 is 5.97 Å². The number of rotatable bonds is 6. The van der Waals surface area contributed by atoms with Crippen LogP contribution in [0.5, 0.6) is 11.5 Å². The predicted molar refractivity (Wildman–Crippen MR) is 94.6 cm³/mol. The van der Waals surface area contributed by atoms with Crippen LogP contribution in [0.3, 0.4) is 0 Å². The SMILES string of the molecule is CCc1ccc(OCc2c(OC(C)=O)cccc2C2CC2)c(C)c1. The molecular weight excluding hydrogens is 300 g/mol. The molecule has 3 heteroatoms. The molecule has 0 bridgehead atoms. The molecule has 24 heavy (non-hydrogen) atoms. The van der Waals surface area contributed by atoms with Gasteiger partial charge >= 0.3 is 5.97 Å². The lowest BCUT2D eigenvalue weighted by molar-refractivity contribution is -0.131. The van der Waals surface area contributed by atoms with Gasteiger partial charge in [-0.1, -0.05) is 31.2 Å². The van der Waals surface area contributed by atoms with Gasteiger partial charge < -0.3 is 9.47 Å². The van der Waals surface area contributed by atoms with Gasteiger partial charge in [0.05, 0.1) is 0 Å². The van der Waals surface area contributed by atoms with Crippen LogP contribution in [0, 0.1) is 6.92 Å². The Bertz CT molecular complexity index is 745. The molecule has 0 unspecified atom stereocenters. The van der Waals surface area contributed by atoms with Crippen molar-refractivity contribution in [3.63, 3.8) is 0 Å². The van der Waals surface area contributed by atoms with Gasteiger partial charge in [-0.25, -0.2) is 0 Å². The molecule has 1 saturated carbocycles. The molecule has 3 nitrogen and oxygen atoms in total. The van der Waals surface area contributed by atoms with E-state index in [1.54, 1.807) is 0 Å². The Balaban J connectivity index is 1.84. The number of ether oxygens (including phenoxy) is 2. The van der Waals surface area contributed by atoms with Crippen molar-refractivity contribution in [2.75, 3.05) is 0 Å². The summed E-state index contributed by atoms with van der Waals surface area (Å²) in [6, 6.07) is 12.2. The fourth-order valence-corrected chi connectivity index (χ4v) is 3.01. The molecule has 126 valence electrons. The Labute approximate surface area is 143 Å². The van der Waals surface area contributed by atoms with Crippen LogP contribution in [-0.2, 0) is 17.8 Å². The van der Waals surface area contributed by atoms with Crippen LogP contribution < -0.4 is 9.47 Å². The van der Waals surface area contributed by atoms with E-state index in [0.29, 0.717) is 18.3 Å². The second-order valence-corrected chi connectivity index (χ2v) is 6.43. The molecule has 2 aromatic rings. The van der Waals surface area contributed by atoms with E-state index < -0.39 is 0 Å². The molecule has 0 heterocycles. The first kappa shape index (κ1) is 16.6. The molecule has 3 rings (SSSR count). The minimum absolute atomic E-state index is 0.298. The van der Waals surface area contributed by atoms with Gasteiger partial charge in [0.1, 0.15) is 18.1 Å². The Morgan fingerprint density at radius 3 is 2.58 bits per heavy atom. The molecule has 0 amide bonds. The summed E-state index contributed by atoms with van der Waals surface area (Å²) in [5.41, 5.74) is 4.68. The van der Waals surface area contributed by atoms with E-state index >= 15 is 0 Å². The zero-order valence-electron chi connectivity index (χ0n) is 14.6. The van der Waals surface area contributed by atoms with Gasteiger partial charge in [-0.2, -0.15) is 0 Å². The quantitative estimate of drug-likeness (QED) is 0.558. The number of hydrogen-bond acceptors (Lipinski definition) is 3. The van der Waals surface area contributed by atoms with Gasteiger partial charge in [0.2, 0.25) is 0 Å². The molecule has 0 N–H and O–H groups in total. The second kappa shape index (κ2) is 7.08. The van der Waals surface area contributed by atoms with Crippen LogP contribution >= 0.6 is 0 Å². The van der Waals surface area contributed by atoms with Gasteiger partial charge in [-0.05, 0) is 60.9 Å². The topological polar surface area (TPSA) is 35.5 Å². The smallest absolute Gasteiger partial charge is 0.308 e. The van der Waals surface area contributed by atoms with E-state index in [2.05, 4.69) is 32.0 Å². The highest BCUT2D eigenvalue weighted by Crippen LogP contribution is 2.44. The Morgan fingerprint density at radius 2 is 1.96 bits per heavy atom. The molecule has 0 radical (unpaired) electrons. The molecule has 1 aliphatic rings. The number of esters is 1. The van der Waals surface area contributed by atoms with Crippen molar-refractivity contribution in [2.45, 2.75) is 52.6 Å². The Hall–Kier alpha value is -2.29. The van der Waals surface area contributed by atoms with Crippen molar-refractivity contribution in [3.8, 4) is 11.5 Å². The maximum atomic E-state index is 11.4. The maximum Gasteiger partial charge on any atom is 0.308 e.